The van der Waals surface area contributed by atoms with E-state index in [2.05, 4.69) is 23.1 Å². The van der Waals surface area contributed by atoms with Crippen LogP contribution in [0.1, 0.15) is 59.7 Å². The average molecular weight is 490 g/mol. The Hall–Kier alpha value is -3.71. The molecule has 0 aliphatic carbocycles. The number of rotatable bonds is 10. The molecule has 35 heavy (non-hydrogen) atoms. The second kappa shape index (κ2) is 13.9. The third-order valence-corrected chi connectivity index (χ3v) is 5.61. The number of hydrogen-bond acceptors (Lipinski definition) is 4. The molecular formula is C28H31N3O3S. The highest BCUT2D eigenvalue weighted by atomic mass is 32.1. The third-order valence-electron chi connectivity index (χ3n) is 5.40. The highest BCUT2D eigenvalue weighted by Gasteiger charge is 2.10. The fourth-order valence-electron chi connectivity index (χ4n) is 3.44. The first-order valence-corrected chi connectivity index (χ1v) is 12.3. The van der Waals surface area contributed by atoms with Gasteiger partial charge >= 0.3 is 0 Å². The predicted molar refractivity (Wildman–Crippen MR) is 143 cm³/mol. The molecule has 0 saturated carbocycles. The Balaban J connectivity index is 1.40. The van der Waals surface area contributed by atoms with Crippen molar-refractivity contribution in [3.8, 4) is 16.9 Å². The van der Waals surface area contributed by atoms with Gasteiger partial charge in [0.25, 0.3) is 11.8 Å². The number of amides is 2. The fourth-order valence-corrected chi connectivity index (χ4v) is 3.58. The zero-order chi connectivity index (χ0) is 24.9. The molecule has 182 valence electrons. The zero-order valence-electron chi connectivity index (χ0n) is 19.9. The molecule has 7 heteroatoms. The molecule has 0 spiro atoms. The number of carbonyl (C=O) groups excluding carboxylic acids is 2. The molecule has 0 heterocycles. The largest absolute Gasteiger partial charge is 0.494 e. The van der Waals surface area contributed by atoms with Crippen molar-refractivity contribution in [2.75, 3.05) is 6.61 Å². The maximum absolute atomic E-state index is 12.4. The van der Waals surface area contributed by atoms with Crippen LogP contribution in [0, 0.1) is 0 Å². The Morgan fingerprint density at radius 1 is 0.714 bits per heavy atom. The smallest absolute Gasteiger partial charge is 0.269 e. The lowest BCUT2D eigenvalue weighted by Gasteiger charge is -2.11. The molecule has 0 aromatic heterocycles. The molecule has 0 aliphatic heterocycles. The molecule has 0 unspecified atom stereocenters. The molecule has 3 rings (SSSR count). The van der Waals surface area contributed by atoms with Gasteiger partial charge in [-0.05, 0) is 66.2 Å². The van der Waals surface area contributed by atoms with Crippen LogP contribution < -0.4 is 20.9 Å². The van der Waals surface area contributed by atoms with Crippen molar-refractivity contribution in [2.45, 2.75) is 39.0 Å². The van der Waals surface area contributed by atoms with Crippen molar-refractivity contribution in [1.82, 2.24) is 16.2 Å². The topological polar surface area (TPSA) is 79.5 Å². The fraction of sp³-hybridized carbons (Fsp3) is 0.250. The Morgan fingerprint density at radius 2 is 1.31 bits per heavy atom. The van der Waals surface area contributed by atoms with Gasteiger partial charge in [-0.15, -0.1) is 0 Å². The monoisotopic (exact) mass is 489 g/mol. The first-order valence-electron chi connectivity index (χ1n) is 11.9. The molecule has 0 fully saturated rings. The predicted octanol–water partition coefficient (Wildman–Crippen LogP) is 5.65. The summed E-state index contributed by atoms with van der Waals surface area (Å²) < 4.78 is 5.72. The van der Waals surface area contributed by atoms with Gasteiger partial charge in [-0.2, -0.15) is 0 Å². The lowest BCUT2D eigenvalue weighted by atomic mass is 10.0. The Kier molecular flexibility index (Phi) is 10.3. The van der Waals surface area contributed by atoms with E-state index in [9.17, 15) is 9.59 Å². The number of unbranched alkanes of at least 4 members (excludes halogenated alkanes) is 4. The molecule has 3 N–H and O–H groups in total. The van der Waals surface area contributed by atoms with Crippen LogP contribution in [-0.4, -0.2) is 23.5 Å². The van der Waals surface area contributed by atoms with E-state index in [-0.39, 0.29) is 16.9 Å². The summed E-state index contributed by atoms with van der Waals surface area (Å²) in [6.07, 6.45) is 5.89. The molecule has 0 aliphatic rings. The SMILES string of the molecule is CCCCCCCOc1ccc(C(=O)NC(=S)NNC(=O)c2ccc(-c3ccccc3)cc2)cc1. The summed E-state index contributed by atoms with van der Waals surface area (Å²) in [7, 11) is 0. The molecule has 0 atom stereocenters. The maximum atomic E-state index is 12.4. The highest BCUT2D eigenvalue weighted by Crippen LogP contribution is 2.19. The standard InChI is InChI=1S/C28H31N3O3S/c1-2-3-4-5-9-20-34-25-18-16-23(17-19-25)26(32)29-28(35)31-30-27(33)24-14-12-22(13-15-24)21-10-7-6-8-11-21/h6-8,10-19H,2-5,9,20H2,1H3,(H,30,33)(H2,29,31,32,35). The second-order valence-corrected chi connectivity index (χ2v) is 8.50. The lowest BCUT2D eigenvalue weighted by Crippen LogP contribution is -2.48. The van der Waals surface area contributed by atoms with Crippen LogP contribution in [0.4, 0.5) is 0 Å². The van der Waals surface area contributed by atoms with Crippen molar-refractivity contribution in [2.24, 2.45) is 0 Å². The van der Waals surface area contributed by atoms with Crippen molar-refractivity contribution in [3.05, 3.63) is 90.0 Å². The van der Waals surface area contributed by atoms with Crippen LogP contribution in [0.3, 0.4) is 0 Å². The van der Waals surface area contributed by atoms with Gasteiger partial charge < -0.3 is 4.74 Å². The van der Waals surface area contributed by atoms with E-state index in [0.717, 1.165) is 29.7 Å². The van der Waals surface area contributed by atoms with Gasteiger partial charge in [-0.1, -0.05) is 75.1 Å². The van der Waals surface area contributed by atoms with Crippen LogP contribution in [0.5, 0.6) is 5.75 Å². The van der Waals surface area contributed by atoms with Crippen LogP contribution in [0.25, 0.3) is 11.1 Å². The number of hydrazine groups is 1. The van der Waals surface area contributed by atoms with Gasteiger partial charge in [-0.25, -0.2) is 0 Å². The molecule has 0 radical (unpaired) electrons. The first-order chi connectivity index (χ1) is 17.1. The van der Waals surface area contributed by atoms with Crippen molar-refractivity contribution in [1.29, 1.82) is 0 Å². The Bertz CT molecular complexity index is 1100. The van der Waals surface area contributed by atoms with Gasteiger partial charge in [0.2, 0.25) is 0 Å². The van der Waals surface area contributed by atoms with Crippen molar-refractivity contribution in [3.63, 3.8) is 0 Å². The van der Waals surface area contributed by atoms with Crippen molar-refractivity contribution < 1.29 is 14.3 Å². The lowest BCUT2D eigenvalue weighted by molar-refractivity contribution is 0.0934. The van der Waals surface area contributed by atoms with E-state index >= 15 is 0 Å². The quantitative estimate of drug-likeness (QED) is 0.195. The summed E-state index contributed by atoms with van der Waals surface area (Å²) in [5.41, 5.74) is 8.05. The minimum Gasteiger partial charge on any atom is -0.494 e. The van der Waals surface area contributed by atoms with E-state index in [1.54, 1.807) is 36.4 Å². The van der Waals surface area contributed by atoms with E-state index in [1.807, 2.05) is 42.5 Å². The second-order valence-electron chi connectivity index (χ2n) is 8.09. The van der Waals surface area contributed by atoms with E-state index in [4.69, 9.17) is 17.0 Å². The van der Waals surface area contributed by atoms with Crippen LogP contribution >= 0.6 is 12.2 Å². The summed E-state index contributed by atoms with van der Waals surface area (Å²) in [5, 5.41) is 2.55. The normalized spacial score (nSPS) is 10.3. The highest BCUT2D eigenvalue weighted by molar-refractivity contribution is 7.80. The van der Waals surface area contributed by atoms with Gasteiger partial charge in [0.15, 0.2) is 5.11 Å². The summed E-state index contributed by atoms with van der Waals surface area (Å²) in [4.78, 5) is 24.8. The Morgan fingerprint density at radius 3 is 2.00 bits per heavy atom. The molecule has 3 aromatic carbocycles. The van der Waals surface area contributed by atoms with E-state index in [0.29, 0.717) is 17.7 Å². The summed E-state index contributed by atoms with van der Waals surface area (Å²) in [6, 6.07) is 24.0. The van der Waals surface area contributed by atoms with Crippen LogP contribution in [0.15, 0.2) is 78.9 Å². The molecule has 0 bridgehead atoms. The molecule has 0 saturated heterocycles. The zero-order valence-corrected chi connectivity index (χ0v) is 20.7. The number of carbonyl (C=O) groups is 2. The molecule has 3 aromatic rings. The summed E-state index contributed by atoms with van der Waals surface area (Å²) in [5.74, 6) is -0.0178. The van der Waals surface area contributed by atoms with Gasteiger partial charge in [0, 0.05) is 11.1 Å². The average Bonchev–Trinajstić information content (AvgIpc) is 2.90. The number of hydrogen-bond donors (Lipinski definition) is 3. The number of benzene rings is 3. The molecule has 6 nitrogen and oxygen atoms in total. The van der Waals surface area contributed by atoms with Crippen molar-refractivity contribution >= 4 is 29.1 Å². The number of nitrogens with one attached hydrogen (secondary N) is 3. The van der Waals surface area contributed by atoms with Crippen LogP contribution in [-0.2, 0) is 0 Å². The van der Waals surface area contributed by atoms with Gasteiger partial charge in [0.05, 0.1) is 6.61 Å². The number of thiocarbonyl (C=S) groups is 1. The van der Waals surface area contributed by atoms with Gasteiger partial charge in [0.1, 0.15) is 5.75 Å². The summed E-state index contributed by atoms with van der Waals surface area (Å²) >= 11 is 5.13. The maximum Gasteiger partial charge on any atom is 0.269 e. The van der Waals surface area contributed by atoms with E-state index in [1.165, 1.54) is 19.3 Å². The summed E-state index contributed by atoms with van der Waals surface area (Å²) in [6.45, 7) is 2.86. The third kappa shape index (κ3) is 8.54. The van der Waals surface area contributed by atoms with Crippen LogP contribution in [0.2, 0.25) is 0 Å². The molecule has 2 amide bonds. The molecular weight excluding hydrogens is 458 g/mol. The number of ether oxygens (including phenoxy) is 1. The Labute approximate surface area is 212 Å². The van der Waals surface area contributed by atoms with E-state index < -0.39 is 0 Å². The minimum absolute atomic E-state index is 0.00309. The van der Waals surface area contributed by atoms with Gasteiger partial charge in [-0.3, -0.25) is 25.8 Å². The minimum atomic E-state index is -0.380. The first kappa shape index (κ1) is 25.9.